The van der Waals surface area contributed by atoms with Crippen LogP contribution in [0.15, 0.2) is 91.0 Å². The van der Waals surface area contributed by atoms with Gasteiger partial charge in [-0.15, -0.1) is 0 Å². The second-order valence-corrected chi connectivity index (χ2v) is 7.96. The standard InChI is InChI=1S/C18H16OSi.Li.H/c19-20(16-10-4-1-5-11-16,17-12-6-2-7-13-17)18-14-8-3-9-15-18;;/h1-15,19H;;. The van der Waals surface area contributed by atoms with Crippen molar-refractivity contribution in [1.29, 1.82) is 0 Å². The molecular formula is C18H17LiOSi. The summed E-state index contributed by atoms with van der Waals surface area (Å²) in [6, 6.07) is 30.0. The fourth-order valence-electron chi connectivity index (χ4n) is 2.54. The summed E-state index contributed by atoms with van der Waals surface area (Å²) in [6.45, 7) is 0. The van der Waals surface area contributed by atoms with Gasteiger partial charge in [0.15, 0.2) is 0 Å². The van der Waals surface area contributed by atoms with Crippen LogP contribution >= 0.6 is 0 Å². The Kier molecular flexibility index (Phi) is 5.22. The van der Waals surface area contributed by atoms with E-state index in [0.29, 0.717) is 0 Å². The van der Waals surface area contributed by atoms with Gasteiger partial charge >= 0.3 is 18.9 Å². The van der Waals surface area contributed by atoms with Gasteiger partial charge in [-0.05, 0) is 15.6 Å². The fraction of sp³-hybridized carbons (Fsp3) is 0. The van der Waals surface area contributed by atoms with E-state index in [4.69, 9.17) is 0 Å². The summed E-state index contributed by atoms with van der Waals surface area (Å²) in [5.41, 5.74) is 0. The quantitative estimate of drug-likeness (QED) is 0.562. The minimum absolute atomic E-state index is 0. The van der Waals surface area contributed by atoms with Crippen LogP contribution in [0.3, 0.4) is 0 Å². The average molecular weight is 284 g/mol. The van der Waals surface area contributed by atoms with Gasteiger partial charge in [-0.25, -0.2) is 0 Å². The number of hydrogen-bond donors (Lipinski definition) is 1. The summed E-state index contributed by atoms with van der Waals surface area (Å²) >= 11 is 0. The first-order chi connectivity index (χ1) is 9.82. The maximum absolute atomic E-state index is 11.6. The Morgan fingerprint density at radius 1 is 0.476 bits per heavy atom. The van der Waals surface area contributed by atoms with Crippen molar-refractivity contribution in [2.45, 2.75) is 0 Å². The second-order valence-electron chi connectivity index (χ2n) is 4.81. The zero-order valence-corrected chi connectivity index (χ0v) is 12.1. The van der Waals surface area contributed by atoms with Crippen LogP contribution in [0.25, 0.3) is 0 Å². The maximum atomic E-state index is 11.6. The molecule has 1 N–H and O–H groups in total. The van der Waals surface area contributed by atoms with Crippen LogP contribution < -0.4 is 15.6 Å². The molecule has 0 radical (unpaired) electrons. The Bertz CT molecular complexity index is 575. The summed E-state index contributed by atoms with van der Waals surface area (Å²) in [5, 5.41) is 3.03. The molecule has 0 unspecified atom stereocenters. The fourth-order valence-corrected chi connectivity index (χ4v) is 5.56. The second kappa shape index (κ2) is 6.93. The molecule has 3 aromatic rings. The summed E-state index contributed by atoms with van der Waals surface area (Å²) < 4.78 is 0. The van der Waals surface area contributed by atoms with Gasteiger partial charge < -0.3 is 4.80 Å². The first-order valence-corrected chi connectivity index (χ1v) is 8.65. The molecule has 0 aliphatic rings. The SMILES string of the molecule is O[Si](c1ccccc1)(c1ccccc1)c1ccccc1.[LiH]. The van der Waals surface area contributed by atoms with E-state index < -0.39 is 8.32 Å². The molecule has 0 bridgehead atoms. The van der Waals surface area contributed by atoms with Gasteiger partial charge in [0.2, 0.25) is 0 Å². The Morgan fingerprint density at radius 3 is 0.952 bits per heavy atom. The number of rotatable bonds is 3. The van der Waals surface area contributed by atoms with Crippen LogP contribution in [0.2, 0.25) is 0 Å². The van der Waals surface area contributed by atoms with Crippen molar-refractivity contribution in [3.05, 3.63) is 91.0 Å². The molecule has 0 aromatic heterocycles. The van der Waals surface area contributed by atoms with Gasteiger partial charge in [0, 0.05) is 0 Å². The normalized spacial score (nSPS) is 10.7. The molecule has 0 saturated carbocycles. The Morgan fingerprint density at radius 2 is 0.714 bits per heavy atom. The molecule has 3 rings (SSSR count). The average Bonchev–Trinajstić information content (AvgIpc) is 2.56. The van der Waals surface area contributed by atoms with E-state index in [0.717, 1.165) is 15.6 Å². The molecule has 0 amide bonds. The van der Waals surface area contributed by atoms with E-state index >= 15 is 0 Å². The molecule has 0 aliphatic heterocycles. The molecule has 0 aliphatic carbocycles. The van der Waals surface area contributed by atoms with E-state index in [1.165, 1.54) is 0 Å². The number of benzene rings is 3. The van der Waals surface area contributed by atoms with Gasteiger partial charge in [0.1, 0.15) is 0 Å². The molecule has 0 heterocycles. The van der Waals surface area contributed by atoms with Gasteiger partial charge in [-0.2, -0.15) is 0 Å². The van der Waals surface area contributed by atoms with E-state index in [1.54, 1.807) is 0 Å². The molecule has 0 atom stereocenters. The van der Waals surface area contributed by atoms with Crippen molar-refractivity contribution < 1.29 is 4.80 Å². The van der Waals surface area contributed by atoms with Crippen LogP contribution in [0, 0.1) is 0 Å². The van der Waals surface area contributed by atoms with E-state index in [2.05, 4.69) is 0 Å². The third-order valence-corrected chi connectivity index (χ3v) is 7.08. The van der Waals surface area contributed by atoms with Crippen LogP contribution in [-0.4, -0.2) is 32.0 Å². The Hall–Kier alpha value is -1.57. The Balaban J connectivity index is 0.00000161. The minimum atomic E-state index is -2.88. The molecule has 3 aromatic carbocycles. The van der Waals surface area contributed by atoms with Gasteiger partial charge in [0.05, 0.1) is 0 Å². The first kappa shape index (κ1) is 15.8. The van der Waals surface area contributed by atoms with Crippen molar-refractivity contribution >= 4 is 42.7 Å². The summed E-state index contributed by atoms with van der Waals surface area (Å²) in [5.74, 6) is 0. The third kappa shape index (κ3) is 3.05. The summed E-state index contributed by atoms with van der Waals surface area (Å²) in [6.07, 6.45) is 0. The molecule has 21 heavy (non-hydrogen) atoms. The van der Waals surface area contributed by atoms with Crippen molar-refractivity contribution in [2.24, 2.45) is 0 Å². The topological polar surface area (TPSA) is 20.2 Å². The monoisotopic (exact) mass is 284 g/mol. The van der Waals surface area contributed by atoms with Crippen molar-refractivity contribution in [3.8, 4) is 0 Å². The zero-order valence-electron chi connectivity index (χ0n) is 11.1. The van der Waals surface area contributed by atoms with Crippen LogP contribution in [0.5, 0.6) is 0 Å². The van der Waals surface area contributed by atoms with E-state index in [9.17, 15) is 4.80 Å². The van der Waals surface area contributed by atoms with Gasteiger partial charge in [-0.1, -0.05) is 91.0 Å². The summed E-state index contributed by atoms with van der Waals surface area (Å²) in [7, 11) is -2.88. The Labute approximate surface area is 138 Å². The molecule has 1 nitrogen and oxygen atoms in total. The predicted molar refractivity (Wildman–Crippen MR) is 93.3 cm³/mol. The zero-order chi connectivity index (χ0) is 13.8. The van der Waals surface area contributed by atoms with Crippen molar-refractivity contribution in [1.82, 2.24) is 0 Å². The summed E-state index contributed by atoms with van der Waals surface area (Å²) in [4.78, 5) is 11.6. The van der Waals surface area contributed by atoms with Gasteiger partial charge in [0.25, 0.3) is 8.32 Å². The van der Waals surface area contributed by atoms with E-state index in [-0.39, 0.29) is 18.9 Å². The van der Waals surface area contributed by atoms with Gasteiger partial charge in [-0.3, -0.25) is 0 Å². The first-order valence-electron chi connectivity index (χ1n) is 6.71. The number of hydrogen-bond acceptors (Lipinski definition) is 1. The van der Waals surface area contributed by atoms with Crippen molar-refractivity contribution in [2.75, 3.05) is 0 Å². The molecular weight excluding hydrogens is 267 g/mol. The van der Waals surface area contributed by atoms with Crippen molar-refractivity contribution in [3.63, 3.8) is 0 Å². The predicted octanol–water partition coefficient (Wildman–Crippen LogP) is 0.997. The van der Waals surface area contributed by atoms with Crippen LogP contribution in [0.4, 0.5) is 0 Å². The molecule has 3 heteroatoms. The van der Waals surface area contributed by atoms with Crippen LogP contribution in [0.1, 0.15) is 0 Å². The molecule has 0 spiro atoms. The third-order valence-electron chi connectivity index (χ3n) is 3.57. The molecule has 0 saturated heterocycles. The molecule has 0 fully saturated rings. The van der Waals surface area contributed by atoms with E-state index in [1.807, 2.05) is 91.0 Å². The van der Waals surface area contributed by atoms with Crippen LogP contribution in [-0.2, 0) is 0 Å². The molecule has 100 valence electrons.